The van der Waals surface area contributed by atoms with E-state index in [0.29, 0.717) is 42.6 Å². The number of rotatable bonds is 10. The molecular formula is C21H25NO6. The van der Waals surface area contributed by atoms with Gasteiger partial charge in [-0.05, 0) is 43.7 Å². The van der Waals surface area contributed by atoms with Gasteiger partial charge in [-0.25, -0.2) is 4.79 Å². The third kappa shape index (κ3) is 5.90. The Morgan fingerprint density at radius 3 is 2.36 bits per heavy atom. The van der Waals surface area contributed by atoms with Gasteiger partial charge in [0.15, 0.2) is 11.5 Å². The summed E-state index contributed by atoms with van der Waals surface area (Å²) in [6.07, 6.45) is 0.749. The van der Waals surface area contributed by atoms with Gasteiger partial charge in [-0.3, -0.25) is 4.79 Å². The first-order chi connectivity index (χ1) is 13.6. The Morgan fingerprint density at radius 1 is 1.00 bits per heavy atom. The Bertz CT molecular complexity index is 805. The number of methoxy groups -OCH3 is 2. The van der Waals surface area contributed by atoms with E-state index >= 15 is 0 Å². The molecule has 150 valence electrons. The lowest BCUT2D eigenvalue weighted by Gasteiger charge is -2.12. The Kier molecular flexibility index (Phi) is 8.14. The topological polar surface area (TPSA) is 83.1 Å². The fourth-order valence-electron chi connectivity index (χ4n) is 2.51. The molecule has 0 saturated heterocycles. The van der Waals surface area contributed by atoms with Gasteiger partial charge < -0.3 is 24.3 Å². The smallest absolute Gasteiger partial charge is 0.340 e. The second kappa shape index (κ2) is 10.8. The van der Waals surface area contributed by atoms with Crippen LogP contribution in [0.2, 0.25) is 0 Å². The summed E-state index contributed by atoms with van der Waals surface area (Å²) in [5.41, 5.74) is 0.609. The van der Waals surface area contributed by atoms with Gasteiger partial charge in [-0.15, -0.1) is 0 Å². The monoisotopic (exact) mass is 387 g/mol. The molecule has 0 radical (unpaired) electrons. The van der Waals surface area contributed by atoms with E-state index < -0.39 is 5.97 Å². The van der Waals surface area contributed by atoms with Gasteiger partial charge in [-0.1, -0.05) is 12.1 Å². The van der Waals surface area contributed by atoms with Crippen molar-refractivity contribution in [1.29, 1.82) is 0 Å². The summed E-state index contributed by atoms with van der Waals surface area (Å²) in [5.74, 6) is 1.05. The molecule has 0 heterocycles. The largest absolute Gasteiger partial charge is 0.497 e. The van der Waals surface area contributed by atoms with Gasteiger partial charge in [0.2, 0.25) is 5.91 Å². The summed E-state index contributed by atoms with van der Waals surface area (Å²) in [7, 11) is 2.78. The minimum Gasteiger partial charge on any atom is -0.497 e. The first kappa shape index (κ1) is 21.1. The summed E-state index contributed by atoms with van der Waals surface area (Å²) >= 11 is 0. The SMILES string of the molecule is CCOc1ccccc1OCCCC(=O)Nc1ccc(OC)cc1C(=O)OC. The molecule has 0 fully saturated rings. The molecule has 0 aliphatic carbocycles. The Balaban J connectivity index is 1.89. The third-order valence-corrected chi connectivity index (χ3v) is 3.86. The maximum absolute atomic E-state index is 12.2. The number of para-hydroxylation sites is 2. The zero-order valence-corrected chi connectivity index (χ0v) is 16.3. The minimum atomic E-state index is -0.551. The van der Waals surface area contributed by atoms with Crippen LogP contribution in [0.4, 0.5) is 5.69 Å². The molecule has 0 aliphatic heterocycles. The number of hydrogen-bond acceptors (Lipinski definition) is 6. The van der Waals surface area contributed by atoms with Crippen LogP contribution in [0, 0.1) is 0 Å². The molecule has 0 saturated carbocycles. The van der Waals surface area contributed by atoms with E-state index in [1.807, 2.05) is 31.2 Å². The van der Waals surface area contributed by atoms with Crippen LogP contribution < -0.4 is 19.5 Å². The summed E-state index contributed by atoms with van der Waals surface area (Å²) in [6.45, 7) is 2.82. The summed E-state index contributed by atoms with van der Waals surface area (Å²) in [6, 6.07) is 12.2. The maximum Gasteiger partial charge on any atom is 0.340 e. The molecule has 1 N–H and O–H groups in total. The lowest BCUT2D eigenvalue weighted by Crippen LogP contribution is -2.16. The zero-order chi connectivity index (χ0) is 20.4. The molecule has 0 atom stereocenters. The number of carbonyl (C=O) groups is 2. The molecule has 2 aromatic rings. The summed E-state index contributed by atoms with van der Waals surface area (Å²) in [5, 5.41) is 2.73. The van der Waals surface area contributed by atoms with Crippen LogP contribution in [0.15, 0.2) is 42.5 Å². The number of carbonyl (C=O) groups excluding carboxylic acids is 2. The van der Waals surface area contributed by atoms with Crippen LogP contribution >= 0.6 is 0 Å². The highest BCUT2D eigenvalue weighted by Crippen LogP contribution is 2.26. The fourth-order valence-corrected chi connectivity index (χ4v) is 2.51. The first-order valence-corrected chi connectivity index (χ1v) is 8.99. The number of esters is 1. The molecule has 7 nitrogen and oxygen atoms in total. The highest BCUT2D eigenvalue weighted by molar-refractivity contribution is 6.01. The average Bonchev–Trinajstić information content (AvgIpc) is 2.72. The molecule has 2 aromatic carbocycles. The predicted octanol–water partition coefficient (Wildman–Crippen LogP) is 3.68. The van der Waals surface area contributed by atoms with Crippen molar-refractivity contribution in [3.8, 4) is 17.2 Å². The van der Waals surface area contributed by atoms with Crippen LogP contribution in [0.1, 0.15) is 30.1 Å². The zero-order valence-electron chi connectivity index (χ0n) is 16.3. The quantitative estimate of drug-likeness (QED) is 0.495. The van der Waals surface area contributed by atoms with E-state index in [0.717, 1.165) is 0 Å². The minimum absolute atomic E-state index is 0.225. The van der Waals surface area contributed by atoms with Crippen LogP contribution in [0.25, 0.3) is 0 Å². The van der Waals surface area contributed by atoms with Crippen molar-refractivity contribution in [3.63, 3.8) is 0 Å². The lowest BCUT2D eigenvalue weighted by atomic mass is 10.1. The molecular weight excluding hydrogens is 362 g/mol. The molecule has 0 unspecified atom stereocenters. The standard InChI is InChI=1S/C21H25NO6/c1-4-27-18-8-5-6-9-19(18)28-13-7-10-20(23)22-17-12-11-15(25-2)14-16(17)21(24)26-3/h5-6,8-9,11-12,14H,4,7,10,13H2,1-3H3,(H,22,23). The van der Waals surface area contributed by atoms with E-state index in [4.69, 9.17) is 18.9 Å². The number of amides is 1. The molecule has 0 bridgehead atoms. The lowest BCUT2D eigenvalue weighted by molar-refractivity contribution is -0.116. The molecule has 0 aromatic heterocycles. The highest BCUT2D eigenvalue weighted by Gasteiger charge is 2.15. The van der Waals surface area contributed by atoms with Crippen molar-refractivity contribution >= 4 is 17.6 Å². The van der Waals surface area contributed by atoms with E-state index in [1.165, 1.54) is 20.3 Å². The Hall–Kier alpha value is -3.22. The molecule has 2 rings (SSSR count). The highest BCUT2D eigenvalue weighted by atomic mass is 16.5. The second-order valence-corrected chi connectivity index (χ2v) is 5.78. The van der Waals surface area contributed by atoms with Crippen LogP contribution in [0.5, 0.6) is 17.2 Å². The molecule has 7 heteroatoms. The van der Waals surface area contributed by atoms with Crippen molar-refractivity contribution in [3.05, 3.63) is 48.0 Å². The van der Waals surface area contributed by atoms with Gasteiger partial charge in [0.25, 0.3) is 0 Å². The molecule has 0 aliphatic rings. The molecule has 1 amide bonds. The van der Waals surface area contributed by atoms with Crippen molar-refractivity contribution in [1.82, 2.24) is 0 Å². The van der Waals surface area contributed by atoms with Crippen molar-refractivity contribution in [2.75, 3.05) is 32.8 Å². The Morgan fingerprint density at radius 2 is 1.71 bits per heavy atom. The van der Waals surface area contributed by atoms with Crippen LogP contribution in [-0.4, -0.2) is 39.3 Å². The van der Waals surface area contributed by atoms with Gasteiger partial charge in [0.1, 0.15) is 5.75 Å². The van der Waals surface area contributed by atoms with Gasteiger partial charge >= 0.3 is 5.97 Å². The maximum atomic E-state index is 12.2. The number of nitrogens with one attached hydrogen (secondary N) is 1. The van der Waals surface area contributed by atoms with Crippen LogP contribution in [0.3, 0.4) is 0 Å². The fraction of sp³-hybridized carbons (Fsp3) is 0.333. The van der Waals surface area contributed by atoms with Gasteiger partial charge in [-0.2, -0.15) is 0 Å². The van der Waals surface area contributed by atoms with E-state index in [2.05, 4.69) is 5.32 Å². The number of hydrogen-bond donors (Lipinski definition) is 1. The number of benzene rings is 2. The van der Waals surface area contributed by atoms with Crippen molar-refractivity contribution < 1.29 is 28.5 Å². The first-order valence-electron chi connectivity index (χ1n) is 8.99. The summed E-state index contributed by atoms with van der Waals surface area (Å²) < 4.78 is 21.1. The van der Waals surface area contributed by atoms with E-state index in [1.54, 1.807) is 12.1 Å². The normalized spacial score (nSPS) is 10.1. The summed E-state index contributed by atoms with van der Waals surface area (Å²) in [4.78, 5) is 24.2. The molecule has 28 heavy (non-hydrogen) atoms. The van der Waals surface area contributed by atoms with Crippen molar-refractivity contribution in [2.24, 2.45) is 0 Å². The van der Waals surface area contributed by atoms with Gasteiger partial charge in [0, 0.05) is 6.42 Å². The van der Waals surface area contributed by atoms with E-state index in [9.17, 15) is 9.59 Å². The predicted molar refractivity (Wildman–Crippen MR) is 105 cm³/mol. The second-order valence-electron chi connectivity index (χ2n) is 5.78. The van der Waals surface area contributed by atoms with Crippen LogP contribution in [-0.2, 0) is 9.53 Å². The molecule has 0 spiro atoms. The van der Waals surface area contributed by atoms with E-state index in [-0.39, 0.29) is 17.9 Å². The van der Waals surface area contributed by atoms with Crippen molar-refractivity contribution in [2.45, 2.75) is 19.8 Å². The average molecular weight is 387 g/mol. The third-order valence-electron chi connectivity index (χ3n) is 3.86. The Labute approximate surface area is 164 Å². The number of ether oxygens (including phenoxy) is 4. The number of anilines is 1. The van der Waals surface area contributed by atoms with Gasteiger partial charge in [0.05, 0.1) is 38.7 Å².